The van der Waals surface area contributed by atoms with Crippen LogP contribution in [-0.4, -0.2) is 40.5 Å². The fourth-order valence-electron chi connectivity index (χ4n) is 2.08. The number of carboxylic acids is 1. The first-order chi connectivity index (χ1) is 11.0. The highest BCUT2D eigenvalue weighted by atomic mass is 16.5. The molecule has 0 aliphatic carbocycles. The SMILES string of the molecule is COCC(C)C(=O)NCc1cccc(-n2ccc(C(=O)O)n2)c1. The van der Waals surface area contributed by atoms with Gasteiger partial charge in [-0.2, -0.15) is 5.10 Å². The van der Waals surface area contributed by atoms with Crippen molar-refractivity contribution in [1.29, 1.82) is 0 Å². The second-order valence-electron chi connectivity index (χ2n) is 5.19. The van der Waals surface area contributed by atoms with E-state index in [0.29, 0.717) is 13.2 Å². The summed E-state index contributed by atoms with van der Waals surface area (Å²) in [7, 11) is 1.56. The zero-order valence-electron chi connectivity index (χ0n) is 13.0. The zero-order valence-corrected chi connectivity index (χ0v) is 13.0. The van der Waals surface area contributed by atoms with Gasteiger partial charge in [0.2, 0.25) is 5.91 Å². The molecule has 1 aromatic heterocycles. The molecule has 122 valence electrons. The van der Waals surface area contributed by atoms with Crippen LogP contribution in [0.2, 0.25) is 0 Å². The van der Waals surface area contributed by atoms with E-state index in [0.717, 1.165) is 11.3 Å². The minimum absolute atomic E-state index is 0.0166. The van der Waals surface area contributed by atoms with Crippen LogP contribution in [-0.2, 0) is 16.1 Å². The molecule has 1 aromatic carbocycles. The number of carbonyl (C=O) groups excluding carboxylic acids is 1. The lowest BCUT2D eigenvalue weighted by Gasteiger charge is -2.11. The number of nitrogens with one attached hydrogen (secondary N) is 1. The second-order valence-corrected chi connectivity index (χ2v) is 5.19. The zero-order chi connectivity index (χ0) is 16.8. The van der Waals surface area contributed by atoms with E-state index in [9.17, 15) is 9.59 Å². The third-order valence-electron chi connectivity index (χ3n) is 3.31. The maximum Gasteiger partial charge on any atom is 0.356 e. The van der Waals surface area contributed by atoms with Crippen LogP contribution in [0.4, 0.5) is 0 Å². The van der Waals surface area contributed by atoms with Gasteiger partial charge in [-0.25, -0.2) is 9.48 Å². The molecule has 23 heavy (non-hydrogen) atoms. The number of hydrogen-bond acceptors (Lipinski definition) is 4. The number of methoxy groups -OCH3 is 1. The highest BCUT2D eigenvalue weighted by Crippen LogP contribution is 2.11. The quantitative estimate of drug-likeness (QED) is 0.806. The predicted molar refractivity (Wildman–Crippen MR) is 83.4 cm³/mol. The molecule has 1 atom stereocenters. The Balaban J connectivity index is 2.04. The van der Waals surface area contributed by atoms with Gasteiger partial charge in [0.15, 0.2) is 5.69 Å². The van der Waals surface area contributed by atoms with E-state index in [-0.39, 0.29) is 17.5 Å². The van der Waals surface area contributed by atoms with E-state index < -0.39 is 5.97 Å². The van der Waals surface area contributed by atoms with Crippen molar-refractivity contribution in [3.63, 3.8) is 0 Å². The average Bonchev–Trinajstić information content (AvgIpc) is 3.03. The molecule has 0 radical (unpaired) electrons. The van der Waals surface area contributed by atoms with Crippen molar-refractivity contribution < 1.29 is 19.4 Å². The fourth-order valence-corrected chi connectivity index (χ4v) is 2.08. The molecule has 0 aliphatic rings. The summed E-state index contributed by atoms with van der Waals surface area (Å²) in [6.07, 6.45) is 1.59. The molecule has 1 unspecified atom stereocenters. The van der Waals surface area contributed by atoms with Crippen LogP contribution in [0.15, 0.2) is 36.5 Å². The van der Waals surface area contributed by atoms with Gasteiger partial charge in [0.1, 0.15) is 0 Å². The molecule has 2 N–H and O–H groups in total. The predicted octanol–water partition coefficient (Wildman–Crippen LogP) is 1.47. The first kappa shape index (κ1) is 16.7. The number of carboxylic acid groups (broad SMARTS) is 1. The van der Waals surface area contributed by atoms with Crippen LogP contribution in [0.5, 0.6) is 0 Å². The summed E-state index contributed by atoms with van der Waals surface area (Å²) in [6, 6.07) is 8.81. The van der Waals surface area contributed by atoms with E-state index in [1.165, 1.54) is 10.7 Å². The molecule has 0 fully saturated rings. The van der Waals surface area contributed by atoms with Crippen molar-refractivity contribution in [3.05, 3.63) is 47.8 Å². The third kappa shape index (κ3) is 4.40. The summed E-state index contributed by atoms with van der Waals surface area (Å²) in [6.45, 7) is 2.55. The van der Waals surface area contributed by atoms with E-state index in [1.54, 1.807) is 20.2 Å². The van der Waals surface area contributed by atoms with Crippen molar-refractivity contribution in [1.82, 2.24) is 15.1 Å². The van der Waals surface area contributed by atoms with Crippen LogP contribution in [0.1, 0.15) is 23.0 Å². The fraction of sp³-hybridized carbons (Fsp3) is 0.312. The van der Waals surface area contributed by atoms with Crippen LogP contribution in [0, 0.1) is 5.92 Å². The van der Waals surface area contributed by atoms with Gasteiger partial charge in [-0.05, 0) is 23.8 Å². The summed E-state index contributed by atoms with van der Waals surface area (Å²) in [5.74, 6) is -1.36. The standard InChI is InChI=1S/C16H19N3O4/c1-11(10-23-2)15(20)17-9-12-4-3-5-13(8-12)19-7-6-14(18-19)16(21)22/h3-8,11H,9-10H2,1-2H3,(H,17,20)(H,21,22). The Bertz CT molecular complexity index is 696. The first-order valence-electron chi connectivity index (χ1n) is 7.16. The van der Waals surface area contributed by atoms with Crippen LogP contribution >= 0.6 is 0 Å². The Kier molecular flexibility index (Phi) is 5.48. The number of carbonyl (C=O) groups is 2. The number of aromatic carboxylic acids is 1. The van der Waals surface area contributed by atoms with Gasteiger partial charge in [-0.1, -0.05) is 19.1 Å². The van der Waals surface area contributed by atoms with E-state index in [2.05, 4.69) is 10.4 Å². The second kappa shape index (κ2) is 7.55. The summed E-state index contributed by atoms with van der Waals surface area (Å²) >= 11 is 0. The molecule has 7 nitrogen and oxygen atoms in total. The lowest BCUT2D eigenvalue weighted by Crippen LogP contribution is -2.31. The van der Waals surface area contributed by atoms with Crippen LogP contribution in [0.3, 0.4) is 0 Å². The molecule has 2 rings (SSSR count). The van der Waals surface area contributed by atoms with Gasteiger partial charge in [-0.15, -0.1) is 0 Å². The van der Waals surface area contributed by atoms with E-state index in [4.69, 9.17) is 9.84 Å². The summed E-state index contributed by atoms with van der Waals surface area (Å²) in [5.41, 5.74) is 1.61. The van der Waals surface area contributed by atoms with Gasteiger partial charge in [0, 0.05) is 19.9 Å². The molecule has 1 amide bonds. The number of benzene rings is 1. The molecular formula is C16H19N3O4. The number of amides is 1. The molecule has 0 bridgehead atoms. The minimum atomic E-state index is -1.07. The van der Waals surface area contributed by atoms with Gasteiger partial charge in [0.25, 0.3) is 0 Å². The molecule has 7 heteroatoms. The highest BCUT2D eigenvalue weighted by Gasteiger charge is 2.12. The number of rotatable bonds is 7. The first-order valence-corrected chi connectivity index (χ1v) is 7.16. The lowest BCUT2D eigenvalue weighted by atomic mass is 10.1. The Morgan fingerprint density at radius 3 is 2.83 bits per heavy atom. The smallest absolute Gasteiger partial charge is 0.356 e. The molecule has 0 saturated carbocycles. The molecule has 2 aromatic rings. The van der Waals surface area contributed by atoms with E-state index in [1.807, 2.05) is 24.3 Å². The third-order valence-corrected chi connectivity index (χ3v) is 3.31. The number of nitrogens with zero attached hydrogens (tertiary/aromatic N) is 2. The summed E-state index contributed by atoms with van der Waals surface area (Å²) in [4.78, 5) is 22.7. The number of aromatic nitrogens is 2. The van der Waals surface area contributed by atoms with Crippen molar-refractivity contribution in [2.75, 3.05) is 13.7 Å². The Morgan fingerprint density at radius 1 is 1.39 bits per heavy atom. The maximum atomic E-state index is 11.9. The Morgan fingerprint density at radius 2 is 2.17 bits per heavy atom. The van der Waals surface area contributed by atoms with Crippen molar-refractivity contribution in [3.8, 4) is 5.69 Å². The number of ether oxygens (including phenoxy) is 1. The molecule has 0 saturated heterocycles. The van der Waals surface area contributed by atoms with Crippen molar-refractivity contribution in [2.24, 2.45) is 5.92 Å². The topological polar surface area (TPSA) is 93.5 Å². The average molecular weight is 317 g/mol. The molecule has 0 aliphatic heterocycles. The molecular weight excluding hydrogens is 298 g/mol. The largest absolute Gasteiger partial charge is 0.476 e. The van der Waals surface area contributed by atoms with Gasteiger partial charge >= 0.3 is 5.97 Å². The highest BCUT2D eigenvalue weighted by molar-refractivity contribution is 5.85. The van der Waals surface area contributed by atoms with Crippen LogP contribution < -0.4 is 5.32 Å². The molecule has 1 heterocycles. The lowest BCUT2D eigenvalue weighted by molar-refractivity contribution is -0.126. The summed E-state index contributed by atoms with van der Waals surface area (Å²) < 4.78 is 6.44. The normalized spacial score (nSPS) is 11.9. The van der Waals surface area contributed by atoms with E-state index >= 15 is 0 Å². The van der Waals surface area contributed by atoms with Crippen molar-refractivity contribution in [2.45, 2.75) is 13.5 Å². The summed E-state index contributed by atoms with van der Waals surface area (Å²) in [5, 5.41) is 15.7. The van der Waals surface area contributed by atoms with Gasteiger partial charge < -0.3 is 15.2 Å². The van der Waals surface area contributed by atoms with Gasteiger partial charge in [-0.3, -0.25) is 4.79 Å². The van der Waals surface area contributed by atoms with Gasteiger partial charge in [0.05, 0.1) is 18.2 Å². The molecule has 0 spiro atoms. The van der Waals surface area contributed by atoms with Crippen LogP contribution in [0.25, 0.3) is 5.69 Å². The van der Waals surface area contributed by atoms with Crippen molar-refractivity contribution >= 4 is 11.9 Å². The Labute approximate surface area is 133 Å². The number of hydrogen-bond donors (Lipinski definition) is 2. The maximum absolute atomic E-state index is 11.9. The monoisotopic (exact) mass is 317 g/mol. The Hall–Kier alpha value is -2.67. The minimum Gasteiger partial charge on any atom is -0.476 e.